The largest absolute Gasteiger partial charge is 0.346 e. The number of halogens is 2. The van der Waals surface area contributed by atoms with Crippen LogP contribution in [0.25, 0.3) is 0 Å². The molecule has 1 aromatic heterocycles. The number of nitrogens with one attached hydrogen (secondary N) is 2. The number of rotatable bonds is 5. The predicted molar refractivity (Wildman–Crippen MR) is 89.2 cm³/mol. The molecular formula is C14H22Cl2N4O2. The summed E-state index contributed by atoms with van der Waals surface area (Å²) in [4.78, 5) is 29.3. The van der Waals surface area contributed by atoms with E-state index < -0.39 is 0 Å². The molecule has 1 atom stereocenters. The molecule has 8 heteroatoms. The van der Waals surface area contributed by atoms with Gasteiger partial charge in [0.25, 0.3) is 0 Å². The lowest BCUT2D eigenvalue weighted by Gasteiger charge is -2.18. The van der Waals surface area contributed by atoms with Gasteiger partial charge in [-0.2, -0.15) is 0 Å². The summed E-state index contributed by atoms with van der Waals surface area (Å²) in [5.74, 6) is -0.203. The summed E-state index contributed by atoms with van der Waals surface area (Å²) in [5, 5.41) is 5.79. The first-order chi connectivity index (χ1) is 9.66. The third kappa shape index (κ3) is 6.17. The van der Waals surface area contributed by atoms with E-state index in [2.05, 4.69) is 15.6 Å². The van der Waals surface area contributed by atoms with Gasteiger partial charge in [-0.3, -0.25) is 14.6 Å². The van der Waals surface area contributed by atoms with Crippen molar-refractivity contribution in [1.29, 1.82) is 0 Å². The third-order valence-corrected chi connectivity index (χ3v) is 3.36. The molecule has 2 heterocycles. The number of hydrogen-bond donors (Lipinski definition) is 2. The van der Waals surface area contributed by atoms with Gasteiger partial charge in [-0.1, -0.05) is 6.07 Å². The second-order valence-electron chi connectivity index (χ2n) is 4.98. The maximum Gasteiger partial charge on any atom is 0.242 e. The van der Waals surface area contributed by atoms with Gasteiger partial charge in [-0.15, -0.1) is 24.8 Å². The van der Waals surface area contributed by atoms with Gasteiger partial charge in [-0.05, 0) is 31.0 Å². The first-order valence-electron chi connectivity index (χ1n) is 6.81. The van der Waals surface area contributed by atoms with E-state index >= 15 is 0 Å². The number of aromatic nitrogens is 1. The van der Waals surface area contributed by atoms with Crippen molar-refractivity contribution in [2.45, 2.75) is 25.4 Å². The molecule has 1 aliphatic rings. The summed E-state index contributed by atoms with van der Waals surface area (Å²) >= 11 is 0. The standard InChI is InChI=1S/C14H20N4O2.2ClH/c1-18(10-11-4-2-6-15-8-11)13(19)9-17-14(20)12-5-3-7-16-12;;/h2,4,6,8,12,16H,3,5,7,9-10H2,1H3,(H,17,20);2*1H. The fourth-order valence-corrected chi connectivity index (χ4v) is 2.18. The topological polar surface area (TPSA) is 74.3 Å². The summed E-state index contributed by atoms with van der Waals surface area (Å²) in [6.07, 6.45) is 5.27. The average molecular weight is 349 g/mol. The quantitative estimate of drug-likeness (QED) is 0.823. The fourth-order valence-electron chi connectivity index (χ4n) is 2.18. The zero-order valence-electron chi connectivity index (χ0n) is 12.4. The maximum atomic E-state index is 11.9. The molecule has 0 spiro atoms. The van der Waals surface area contributed by atoms with Crippen molar-refractivity contribution < 1.29 is 9.59 Å². The number of nitrogens with zero attached hydrogens (tertiary/aromatic N) is 2. The fraction of sp³-hybridized carbons (Fsp3) is 0.500. The highest BCUT2D eigenvalue weighted by Gasteiger charge is 2.22. The van der Waals surface area contributed by atoms with E-state index in [0.717, 1.165) is 24.9 Å². The Morgan fingerprint density at radius 2 is 2.23 bits per heavy atom. The Bertz CT molecular complexity index is 467. The lowest BCUT2D eigenvalue weighted by molar-refractivity contribution is -0.132. The SMILES string of the molecule is CN(Cc1cccnc1)C(=O)CNC(=O)C1CCCN1.Cl.Cl. The second kappa shape index (κ2) is 10.4. The van der Waals surface area contributed by atoms with Crippen molar-refractivity contribution in [3.63, 3.8) is 0 Å². The minimum absolute atomic E-state index is 0. The van der Waals surface area contributed by atoms with E-state index in [1.54, 1.807) is 24.3 Å². The van der Waals surface area contributed by atoms with Crippen LogP contribution in [0.2, 0.25) is 0 Å². The Hall–Kier alpha value is -1.37. The van der Waals surface area contributed by atoms with Crippen LogP contribution >= 0.6 is 24.8 Å². The molecule has 0 radical (unpaired) electrons. The van der Waals surface area contributed by atoms with Crippen LogP contribution in [0.1, 0.15) is 18.4 Å². The number of pyridine rings is 1. The molecule has 1 aliphatic heterocycles. The molecule has 124 valence electrons. The molecule has 1 saturated heterocycles. The van der Waals surface area contributed by atoms with Crippen molar-refractivity contribution in [3.8, 4) is 0 Å². The Labute approximate surface area is 142 Å². The minimum Gasteiger partial charge on any atom is -0.346 e. The van der Waals surface area contributed by atoms with E-state index in [-0.39, 0.29) is 49.2 Å². The van der Waals surface area contributed by atoms with Crippen molar-refractivity contribution in [2.24, 2.45) is 0 Å². The van der Waals surface area contributed by atoms with Crippen molar-refractivity contribution >= 4 is 36.6 Å². The minimum atomic E-state index is -0.147. The van der Waals surface area contributed by atoms with Crippen LogP contribution in [0.3, 0.4) is 0 Å². The van der Waals surface area contributed by atoms with E-state index in [1.165, 1.54) is 0 Å². The van der Waals surface area contributed by atoms with Crippen LogP contribution in [0.4, 0.5) is 0 Å². The summed E-state index contributed by atoms with van der Waals surface area (Å²) in [5.41, 5.74) is 0.965. The molecule has 0 aliphatic carbocycles. The maximum absolute atomic E-state index is 11.9. The number of likely N-dealkylation sites (N-methyl/N-ethyl adjacent to an activating group) is 1. The Balaban J connectivity index is 0.00000220. The van der Waals surface area contributed by atoms with E-state index in [0.29, 0.717) is 6.54 Å². The average Bonchev–Trinajstić information content (AvgIpc) is 2.99. The Kier molecular flexibility index (Phi) is 9.73. The molecule has 1 fully saturated rings. The number of hydrogen-bond acceptors (Lipinski definition) is 4. The van der Waals surface area contributed by atoms with Gasteiger partial charge in [0.2, 0.25) is 11.8 Å². The highest BCUT2D eigenvalue weighted by molar-refractivity contribution is 5.87. The molecule has 6 nitrogen and oxygen atoms in total. The zero-order chi connectivity index (χ0) is 14.4. The summed E-state index contributed by atoms with van der Waals surface area (Å²) < 4.78 is 0. The zero-order valence-corrected chi connectivity index (χ0v) is 14.1. The molecule has 1 aromatic rings. The Morgan fingerprint density at radius 1 is 1.45 bits per heavy atom. The highest BCUT2D eigenvalue weighted by atomic mass is 35.5. The van der Waals surface area contributed by atoms with E-state index in [4.69, 9.17) is 0 Å². The van der Waals surface area contributed by atoms with Crippen LogP contribution in [0.5, 0.6) is 0 Å². The first kappa shape index (κ1) is 20.6. The first-order valence-corrected chi connectivity index (χ1v) is 6.81. The van der Waals surface area contributed by atoms with Crippen LogP contribution in [-0.4, -0.2) is 47.9 Å². The molecule has 2 amide bonds. The lowest BCUT2D eigenvalue weighted by Crippen LogP contribution is -2.44. The predicted octanol–water partition coefficient (Wildman–Crippen LogP) is 0.752. The highest BCUT2D eigenvalue weighted by Crippen LogP contribution is 2.04. The van der Waals surface area contributed by atoms with Gasteiger partial charge in [0, 0.05) is 26.0 Å². The number of amides is 2. The van der Waals surface area contributed by atoms with Crippen LogP contribution < -0.4 is 10.6 Å². The molecule has 2 N–H and O–H groups in total. The lowest BCUT2D eigenvalue weighted by atomic mass is 10.2. The Morgan fingerprint density at radius 3 is 2.82 bits per heavy atom. The van der Waals surface area contributed by atoms with Crippen LogP contribution in [0.15, 0.2) is 24.5 Å². The molecule has 0 aromatic carbocycles. The van der Waals surface area contributed by atoms with Gasteiger partial charge in [0.05, 0.1) is 12.6 Å². The summed E-state index contributed by atoms with van der Waals surface area (Å²) in [6, 6.07) is 3.60. The summed E-state index contributed by atoms with van der Waals surface area (Å²) in [6.45, 7) is 1.39. The number of carbonyl (C=O) groups is 2. The van der Waals surface area contributed by atoms with E-state index in [9.17, 15) is 9.59 Å². The molecular weight excluding hydrogens is 327 g/mol. The monoisotopic (exact) mass is 348 g/mol. The van der Waals surface area contributed by atoms with Gasteiger partial charge in [0.15, 0.2) is 0 Å². The normalized spacial score (nSPS) is 16.1. The van der Waals surface area contributed by atoms with Gasteiger partial charge >= 0.3 is 0 Å². The van der Waals surface area contributed by atoms with Gasteiger partial charge in [-0.25, -0.2) is 0 Å². The smallest absolute Gasteiger partial charge is 0.242 e. The van der Waals surface area contributed by atoms with Gasteiger partial charge < -0.3 is 15.5 Å². The van der Waals surface area contributed by atoms with E-state index in [1.807, 2.05) is 12.1 Å². The van der Waals surface area contributed by atoms with Crippen molar-refractivity contribution in [1.82, 2.24) is 20.5 Å². The molecule has 2 rings (SSSR count). The number of carbonyl (C=O) groups excluding carboxylic acids is 2. The van der Waals surface area contributed by atoms with Crippen LogP contribution in [0, 0.1) is 0 Å². The van der Waals surface area contributed by atoms with Gasteiger partial charge in [0.1, 0.15) is 0 Å². The third-order valence-electron chi connectivity index (χ3n) is 3.36. The second-order valence-corrected chi connectivity index (χ2v) is 4.98. The van der Waals surface area contributed by atoms with Crippen molar-refractivity contribution in [3.05, 3.63) is 30.1 Å². The molecule has 0 saturated carbocycles. The summed E-state index contributed by atoms with van der Waals surface area (Å²) in [7, 11) is 1.72. The molecule has 22 heavy (non-hydrogen) atoms. The molecule has 1 unspecified atom stereocenters. The van der Waals surface area contributed by atoms with Crippen molar-refractivity contribution in [2.75, 3.05) is 20.1 Å². The molecule has 0 bridgehead atoms. The van der Waals surface area contributed by atoms with Crippen LogP contribution in [-0.2, 0) is 16.1 Å².